The van der Waals surface area contributed by atoms with Crippen LogP contribution >= 0.6 is 34.9 Å². The standard InChI is InChI=1S/C20H17N3O5S2.C20H22N2O5S/c24-16(25)6-21-19(27)17-18(26)12-8-29-10-14(12)23(20(17)28)7-15-22-13(9-30-15)11-4-2-1-3-5-11;1-11(2)13-5-3-12(4-6-13)8-22-15-10-28-9-14(15)18(25)17(20(22)27)19(26)21-7-16(23)24/h1-5,9,26H,6-8,10H2,(H,21,27)(H,24,25);3-6,11,25H,7-10H2,1-2H3,(H,21,26)(H,23,24). The van der Waals surface area contributed by atoms with Crippen LogP contribution in [-0.4, -0.2) is 71.4 Å². The lowest BCUT2D eigenvalue weighted by molar-refractivity contribution is -0.136. The number of nitrogens with zero attached hydrogens (tertiary/aromatic N) is 3. The lowest BCUT2D eigenvalue weighted by atomic mass is 10.0. The molecule has 7 rings (SSSR count). The van der Waals surface area contributed by atoms with Crippen molar-refractivity contribution >= 4 is 58.6 Å². The van der Waals surface area contributed by atoms with Crippen molar-refractivity contribution in [2.75, 3.05) is 13.1 Å². The van der Waals surface area contributed by atoms with Crippen molar-refractivity contribution in [2.45, 2.75) is 55.9 Å². The number of carboxylic acid groups (broad SMARTS) is 2. The van der Waals surface area contributed by atoms with Crippen LogP contribution in [0.5, 0.6) is 11.5 Å². The number of thiazole rings is 1. The van der Waals surface area contributed by atoms with Gasteiger partial charge in [-0.25, -0.2) is 4.98 Å². The lowest BCUT2D eigenvalue weighted by Gasteiger charge is -2.16. The quantitative estimate of drug-likeness (QED) is 0.101. The highest BCUT2D eigenvalue weighted by molar-refractivity contribution is 7.98. The Morgan fingerprint density at radius 2 is 1.22 bits per heavy atom. The Balaban J connectivity index is 0.000000196. The Morgan fingerprint density at radius 1 is 0.724 bits per heavy atom. The minimum absolute atomic E-state index is 0.165. The zero-order valence-corrected chi connectivity index (χ0v) is 33.8. The highest BCUT2D eigenvalue weighted by Crippen LogP contribution is 2.38. The highest BCUT2D eigenvalue weighted by atomic mass is 32.2. The summed E-state index contributed by atoms with van der Waals surface area (Å²) in [6, 6.07) is 17.6. The number of nitrogens with one attached hydrogen (secondary N) is 2. The Kier molecular flexibility index (Phi) is 13.1. The molecule has 0 unspecified atom stereocenters. The average molecular weight is 846 g/mol. The van der Waals surface area contributed by atoms with Crippen LogP contribution in [0, 0.1) is 0 Å². The van der Waals surface area contributed by atoms with Crippen molar-refractivity contribution in [3.63, 3.8) is 0 Å². The molecule has 2 aromatic carbocycles. The van der Waals surface area contributed by atoms with E-state index in [0.717, 1.165) is 16.8 Å². The van der Waals surface area contributed by atoms with Gasteiger partial charge in [0.2, 0.25) is 0 Å². The van der Waals surface area contributed by atoms with Gasteiger partial charge in [-0.3, -0.25) is 28.8 Å². The summed E-state index contributed by atoms with van der Waals surface area (Å²) in [6.07, 6.45) is 0. The average Bonchev–Trinajstić information content (AvgIpc) is 4.00. The summed E-state index contributed by atoms with van der Waals surface area (Å²) in [5.41, 5.74) is 4.21. The van der Waals surface area contributed by atoms with Crippen LogP contribution in [0.2, 0.25) is 0 Å². The second-order valence-electron chi connectivity index (χ2n) is 13.6. The van der Waals surface area contributed by atoms with E-state index in [4.69, 9.17) is 10.2 Å². The van der Waals surface area contributed by atoms with Crippen molar-refractivity contribution in [3.05, 3.63) is 130 Å². The summed E-state index contributed by atoms with van der Waals surface area (Å²) in [5.74, 6) is -2.51. The molecular weight excluding hydrogens is 807 g/mol. The second kappa shape index (κ2) is 18.2. The smallest absolute Gasteiger partial charge is 0.322 e. The number of fused-ring (bicyclic) bond motifs is 2. The molecule has 0 atom stereocenters. The van der Waals surface area contributed by atoms with Crippen LogP contribution in [0.1, 0.15) is 79.1 Å². The third-order valence-electron chi connectivity index (χ3n) is 9.44. The fraction of sp³-hybridized carbons (Fsp3) is 0.275. The maximum atomic E-state index is 13.1. The molecule has 0 spiro atoms. The molecule has 2 amide bonds. The maximum Gasteiger partial charge on any atom is 0.322 e. The zero-order chi connectivity index (χ0) is 41.7. The largest absolute Gasteiger partial charge is 0.507 e. The minimum Gasteiger partial charge on any atom is -0.507 e. The number of rotatable bonds is 12. The van der Waals surface area contributed by atoms with Crippen molar-refractivity contribution in [3.8, 4) is 22.8 Å². The Morgan fingerprint density at radius 3 is 1.71 bits per heavy atom. The highest BCUT2D eigenvalue weighted by Gasteiger charge is 2.30. The number of benzene rings is 2. The van der Waals surface area contributed by atoms with E-state index in [1.54, 1.807) is 11.8 Å². The summed E-state index contributed by atoms with van der Waals surface area (Å²) < 4.78 is 2.97. The molecule has 0 bridgehead atoms. The number of carboxylic acids is 2. The van der Waals surface area contributed by atoms with Crippen molar-refractivity contribution in [1.29, 1.82) is 0 Å². The van der Waals surface area contributed by atoms with E-state index in [2.05, 4.69) is 29.5 Å². The first-order valence-corrected chi connectivity index (χ1v) is 21.1. The molecule has 5 aromatic rings. The van der Waals surface area contributed by atoms with Gasteiger partial charge in [0.15, 0.2) is 0 Å². The first-order valence-electron chi connectivity index (χ1n) is 17.9. The molecule has 0 saturated heterocycles. The van der Waals surface area contributed by atoms with Crippen LogP contribution in [0.15, 0.2) is 69.6 Å². The van der Waals surface area contributed by atoms with E-state index in [1.165, 1.54) is 37.8 Å². The van der Waals surface area contributed by atoms with Crippen LogP contribution in [0.25, 0.3) is 11.3 Å². The zero-order valence-electron chi connectivity index (χ0n) is 31.3. The molecule has 0 saturated carbocycles. The van der Waals surface area contributed by atoms with Gasteiger partial charge in [0.1, 0.15) is 40.7 Å². The van der Waals surface area contributed by atoms with Crippen LogP contribution in [0.3, 0.4) is 0 Å². The van der Waals surface area contributed by atoms with Gasteiger partial charge >= 0.3 is 11.9 Å². The summed E-state index contributed by atoms with van der Waals surface area (Å²) >= 11 is 4.49. The fourth-order valence-corrected chi connectivity index (χ4v) is 9.49. The number of hydrogen-bond donors (Lipinski definition) is 6. The molecule has 0 radical (unpaired) electrons. The third-order valence-corrected chi connectivity index (χ3v) is 12.2. The van der Waals surface area contributed by atoms with E-state index >= 15 is 0 Å². The molecule has 3 aromatic heterocycles. The second-order valence-corrected chi connectivity index (χ2v) is 16.5. The van der Waals surface area contributed by atoms with E-state index in [9.17, 15) is 39.0 Å². The summed E-state index contributed by atoms with van der Waals surface area (Å²) in [7, 11) is 0. The van der Waals surface area contributed by atoms with Crippen molar-refractivity contribution in [1.82, 2.24) is 24.8 Å². The summed E-state index contributed by atoms with van der Waals surface area (Å²) in [6.45, 7) is 3.38. The fourth-order valence-electron chi connectivity index (χ4n) is 6.43. The number of hydrogen-bond acceptors (Lipinski definition) is 12. The van der Waals surface area contributed by atoms with Gasteiger partial charge < -0.3 is 40.2 Å². The van der Waals surface area contributed by atoms with E-state index < -0.39 is 59.1 Å². The molecule has 15 nitrogen and oxygen atoms in total. The minimum atomic E-state index is -1.24. The molecule has 0 fully saturated rings. The van der Waals surface area contributed by atoms with Gasteiger partial charge in [0, 0.05) is 56.5 Å². The van der Waals surface area contributed by atoms with Crippen LogP contribution < -0.4 is 21.8 Å². The molecule has 58 heavy (non-hydrogen) atoms. The van der Waals surface area contributed by atoms with Gasteiger partial charge in [0.25, 0.3) is 22.9 Å². The van der Waals surface area contributed by atoms with E-state index in [-0.39, 0.29) is 24.6 Å². The number of amides is 2. The van der Waals surface area contributed by atoms with Crippen molar-refractivity contribution < 1.29 is 39.6 Å². The lowest BCUT2D eigenvalue weighted by Crippen LogP contribution is -2.37. The number of carbonyl (C=O) groups excluding carboxylic acids is 2. The summed E-state index contributed by atoms with van der Waals surface area (Å²) in [5, 5.41) is 45.4. The monoisotopic (exact) mass is 845 g/mol. The normalized spacial score (nSPS) is 12.7. The molecule has 2 aliphatic rings. The molecule has 2 aliphatic heterocycles. The summed E-state index contributed by atoms with van der Waals surface area (Å²) in [4.78, 5) is 76.9. The Labute approximate surface area is 343 Å². The first-order chi connectivity index (χ1) is 27.7. The third kappa shape index (κ3) is 9.14. The van der Waals surface area contributed by atoms with Crippen LogP contribution in [-0.2, 0) is 45.7 Å². The van der Waals surface area contributed by atoms with Gasteiger partial charge in [0.05, 0.1) is 18.8 Å². The van der Waals surface area contributed by atoms with Gasteiger partial charge in [-0.05, 0) is 17.0 Å². The van der Waals surface area contributed by atoms with Crippen LogP contribution in [0.4, 0.5) is 0 Å². The number of carbonyl (C=O) groups is 4. The predicted molar refractivity (Wildman–Crippen MR) is 221 cm³/mol. The molecule has 6 N–H and O–H groups in total. The van der Waals surface area contributed by atoms with E-state index in [1.807, 2.05) is 60.0 Å². The number of thioether (sulfide) groups is 2. The SMILES string of the molecule is CC(C)c1ccc(Cn2c3c(c(O)c(C(=O)NCC(=O)O)c2=O)CSC3)cc1.O=C(O)CNC(=O)c1c(O)c2c(n(Cc3nc(-c4ccccc4)cs3)c1=O)CSC2. The number of aromatic nitrogens is 3. The topological polar surface area (TPSA) is 230 Å². The number of aromatic hydroxyl groups is 2. The molecule has 0 aliphatic carbocycles. The predicted octanol–water partition coefficient (Wildman–Crippen LogP) is 4.57. The number of aliphatic carboxylic acids is 2. The molecular formula is C40H39N5O10S3. The number of pyridine rings is 2. The van der Waals surface area contributed by atoms with Crippen molar-refractivity contribution in [2.24, 2.45) is 0 Å². The van der Waals surface area contributed by atoms with Gasteiger partial charge in [-0.1, -0.05) is 68.4 Å². The molecule has 302 valence electrons. The van der Waals surface area contributed by atoms with E-state index in [0.29, 0.717) is 56.5 Å². The Hall–Kier alpha value is -5.85. The Bertz CT molecular complexity index is 2510. The maximum absolute atomic E-state index is 13.1. The van der Waals surface area contributed by atoms with Gasteiger partial charge in [-0.15, -0.1) is 11.3 Å². The van der Waals surface area contributed by atoms with Gasteiger partial charge in [-0.2, -0.15) is 23.5 Å². The molecule has 18 heteroatoms. The molecule has 5 heterocycles. The first kappa shape index (κ1) is 41.8.